The smallest absolute Gasteiger partial charge is 0.337 e. The van der Waals surface area contributed by atoms with E-state index in [1.54, 1.807) is 24.3 Å². The number of rotatable bonds is 6. The van der Waals surface area contributed by atoms with Gasteiger partial charge in [-0.25, -0.2) is 4.79 Å². The van der Waals surface area contributed by atoms with Gasteiger partial charge in [-0.3, -0.25) is 19.3 Å². The molecule has 1 N–H and O–H groups in total. The number of carbonyl (C=O) groups excluding carboxylic acids is 4. The highest BCUT2D eigenvalue weighted by atomic mass is 16.5. The largest absolute Gasteiger partial charge is 0.465 e. The Hall–Kier alpha value is -3.48. The van der Waals surface area contributed by atoms with Crippen LogP contribution in [0.15, 0.2) is 42.5 Å². The first-order chi connectivity index (χ1) is 13.8. The first kappa shape index (κ1) is 20.3. The van der Waals surface area contributed by atoms with Crippen LogP contribution in [0, 0.1) is 5.92 Å². The van der Waals surface area contributed by atoms with Gasteiger partial charge in [0, 0.05) is 17.8 Å². The van der Waals surface area contributed by atoms with Crippen molar-refractivity contribution < 1.29 is 23.9 Å². The Morgan fingerprint density at radius 1 is 0.966 bits per heavy atom. The summed E-state index contributed by atoms with van der Waals surface area (Å²) in [6, 6.07) is 10.7. The Morgan fingerprint density at radius 3 is 2.21 bits per heavy atom. The summed E-state index contributed by atoms with van der Waals surface area (Å²) in [5.41, 5.74) is 1.69. The monoisotopic (exact) mass is 394 g/mol. The molecule has 150 valence electrons. The van der Waals surface area contributed by atoms with E-state index < -0.39 is 11.9 Å². The van der Waals surface area contributed by atoms with Crippen LogP contribution in [0.5, 0.6) is 0 Å². The number of fused-ring (bicyclic) bond motifs is 1. The van der Waals surface area contributed by atoms with Crippen LogP contribution >= 0.6 is 0 Å². The fraction of sp³-hybridized carbons (Fsp3) is 0.273. The normalized spacial score (nSPS) is 12.9. The lowest BCUT2D eigenvalue weighted by molar-refractivity contribution is 0.0598. The van der Waals surface area contributed by atoms with Crippen LogP contribution in [0.2, 0.25) is 0 Å². The van der Waals surface area contributed by atoms with Gasteiger partial charge in [0.2, 0.25) is 0 Å². The molecule has 29 heavy (non-hydrogen) atoms. The molecule has 2 aromatic carbocycles. The molecule has 0 aliphatic carbocycles. The minimum atomic E-state index is -0.466. The van der Waals surface area contributed by atoms with Gasteiger partial charge in [0.25, 0.3) is 17.7 Å². The third-order valence-electron chi connectivity index (χ3n) is 4.73. The van der Waals surface area contributed by atoms with E-state index in [-0.39, 0.29) is 22.9 Å². The van der Waals surface area contributed by atoms with E-state index in [1.807, 2.05) is 13.8 Å². The summed E-state index contributed by atoms with van der Waals surface area (Å²) < 4.78 is 4.64. The molecular weight excluding hydrogens is 372 g/mol. The summed E-state index contributed by atoms with van der Waals surface area (Å²) in [5, 5.41) is 2.71. The van der Waals surface area contributed by atoms with Gasteiger partial charge in [-0.15, -0.1) is 0 Å². The van der Waals surface area contributed by atoms with Gasteiger partial charge in [-0.2, -0.15) is 0 Å². The fourth-order valence-corrected chi connectivity index (χ4v) is 3.03. The number of imide groups is 1. The van der Waals surface area contributed by atoms with E-state index in [0.29, 0.717) is 29.3 Å². The number of ether oxygens (including phenoxy) is 1. The third kappa shape index (κ3) is 4.18. The number of amides is 3. The highest BCUT2D eigenvalue weighted by Crippen LogP contribution is 2.25. The summed E-state index contributed by atoms with van der Waals surface area (Å²) in [4.78, 5) is 50.3. The number of benzene rings is 2. The van der Waals surface area contributed by atoms with Crippen LogP contribution in [-0.4, -0.2) is 42.2 Å². The average Bonchev–Trinajstić information content (AvgIpc) is 2.95. The predicted molar refractivity (Wildman–Crippen MR) is 107 cm³/mol. The Labute approximate surface area is 168 Å². The van der Waals surface area contributed by atoms with Crippen molar-refractivity contribution in [1.29, 1.82) is 0 Å². The van der Waals surface area contributed by atoms with Crippen molar-refractivity contribution in [3.8, 4) is 0 Å². The number of carbonyl (C=O) groups is 4. The predicted octanol–water partition coefficient (Wildman–Crippen LogP) is 3.37. The lowest BCUT2D eigenvalue weighted by Crippen LogP contribution is -2.31. The zero-order chi connectivity index (χ0) is 21.1. The number of hydrogen-bond acceptors (Lipinski definition) is 5. The molecule has 3 amide bonds. The summed E-state index contributed by atoms with van der Waals surface area (Å²) in [6.45, 7) is 4.41. The molecule has 1 aliphatic heterocycles. The first-order valence-electron chi connectivity index (χ1n) is 9.31. The highest BCUT2D eigenvalue weighted by Gasteiger charge is 2.35. The van der Waals surface area contributed by atoms with Gasteiger partial charge in [-0.05, 0) is 54.8 Å². The van der Waals surface area contributed by atoms with Crippen LogP contribution in [0.1, 0.15) is 61.7 Å². The van der Waals surface area contributed by atoms with E-state index in [4.69, 9.17) is 0 Å². The van der Waals surface area contributed by atoms with Crippen LogP contribution in [0.4, 0.5) is 5.69 Å². The minimum Gasteiger partial charge on any atom is -0.465 e. The second-order valence-electron chi connectivity index (χ2n) is 7.23. The number of anilines is 1. The number of nitrogens with zero attached hydrogens (tertiary/aromatic N) is 1. The summed E-state index contributed by atoms with van der Waals surface area (Å²) in [7, 11) is 1.29. The van der Waals surface area contributed by atoms with Gasteiger partial charge in [0.05, 0.1) is 23.8 Å². The molecule has 0 bridgehead atoms. The molecule has 7 heteroatoms. The van der Waals surface area contributed by atoms with Crippen LogP contribution in [-0.2, 0) is 4.74 Å². The first-order valence-corrected chi connectivity index (χ1v) is 9.31. The van der Waals surface area contributed by atoms with Crippen LogP contribution in [0.3, 0.4) is 0 Å². The van der Waals surface area contributed by atoms with Crippen molar-refractivity contribution in [3.63, 3.8) is 0 Å². The molecular formula is C22H22N2O5. The van der Waals surface area contributed by atoms with E-state index in [1.165, 1.54) is 30.2 Å². The van der Waals surface area contributed by atoms with E-state index in [2.05, 4.69) is 10.1 Å². The molecule has 0 saturated carbocycles. The number of methoxy groups -OCH3 is 1. The lowest BCUT2D eigenvalue weighted by Gasteiger charge is -2.14. The molecule has 0 unspecified atom stereocenters. The molecule has 7 nitrogen and oxygen atoms in total. The Morgan fingerprint density at radius 2 is 1.59 bits per heavy atom. The van der Waals surface area contributed by atoms with Gasteiger partial charge in [-0.1, -0.05) is 13.8 Å². The summed E-state index contributed by atoms with van der Waals surface area (Å²) in [5.74, 6) is -1.21. The van der Waals surface area contributed by atoms with Gasteiger partial charge >= 0.3 is 5.97 Å². The molecule has 0 radical (unpaired) electrons. The topological polar surface area (TPSA) is 92.8 Å². The second kappa shape index (κ2) is 8.26. The molecule has 0 saturated heterocycles. The van der Waals surface area contributed by atoms with Crippen molar-refractivity contribution in [2.45, 2.75) is 20.3 Å². The summed E-state index contributed by atoms with van der Waals surface area (Å²) >= 11 is 0. The molecule has 3 rings (SSSR count). The number of hydrogen-bond donors (Lipinski definition) is 1. The maximum atomic E-state index is 12.6. The molecule has 1 heterocycles. The van der Waals surface area contributed by atoms with Crippen LogP contribution in [0.25, 0.3) is 0 Å². The maximum Gasteiger partial charge on any atom is 0.337 e. The van der Waals surface area contributed by atoms with E-state index >= 15 is 0 Å². The Balaban J connectivity index is 1.75. The summed E-state index contributed by atoms with van der Waals surface area (Å²) in [6.07, 6.45) is 0.723. The van der Waals surface area contributed by atoms with Crippen molar-refractivity contribution in [3.05, 3.63) is 64.7 Å². The zero-order valence-electron chi connectivity index (χ0n) is 16.5. The van der Waals surface area contributed by atoms with Crippen molar-refractivity contribution in [2.24, 2.45) is 5.92 Å². The van der Waals surface area contributed by atoms with Crippen molar-refractivity contribution in [1.82, 2.24) is 4.90 Å². The second-order valence-corrected chi connectivity index (χ2v) is 7.23. The quantitative estimate of drug-likeness (QED) is 0.599. The van der Waals surface area contributed by atoms with Crippen molar-refractivity contribution >= 4 is 29.4 Å². The fourth-order valence-electron chi connectivity index (χ4n) is 3.03. The third-order valence-corrected chi connectivity index (χ3v) is 4.73. The van der Waals surface area contributed by atoms with E-state index in [0.717, 1.165) is 6.42 Å². The highest BCUT2D eigenvalue weighted by molar-refractivity contribution is 6.22. The number of esters is 1. The van der Waals surface area contributed by atoms with Crippen molar-refractivity contribution in [2.75, 3.05) is 19.0 Å². The number of nitrogens with one attached hydrogen (secondary N) is 1. The molecule has 0 fully saturated rings. The molecule has 2 aromatic rings. The Kier molecular flexibility index (Phi) is 5.77. The van der Waals surface area contributed by atoms with Crippen LogP contribution < -0.4 is 5.32 Å². The van der Waals surface area contributed by atoms with Gasteiger partial charge in [0.1, 0.15) is 0 Å². The lowest BCUT2D eigenvalue weighted by atomic mass is 10.1. The SMILES string of the molecule is COC(=O)c1ccc(NC(=O)c2ccc3c(c2)C(=O)N(CCC(C)C)C3=O)cc1. The zero-order valence-corrected chi connectivity index (χ0v) is 16.5. The standard InChI is InChI=1S/C22H22N2O5/c1-13(2)10-11-24-20(26)17-9-6-15(12-18(17)21(24)27)19(25)23-16-7-4-14(5-8-16)22(28)29-3/h4-9,12-13H,10-11H2,1-3H3,(H,23,25). The molecule has 0 aromatic heterocycles. The molecule has 1 aliphatic rings. The molecule has 0 spiro atoms. The van der Waals surface area contributed by atoms with Gasteiger partial charge in [0.15, 0.2) is 0 Å². The minimum absolute atomic E-state index is 0.243. The van der Waals surface area contributed by atoms with E-state index in [9.17, 15) is 19.2 Å². The Bertz CT molecular complexity index is 979. The molecule has 0 atom stereocenters. The van der Waals surface area contributed by atoms with Gasteiger partial charge < -0.3 is 10.1 Å². The average molecular weight is 394 g/mol. The maximum absolute atomic E-state index is 12.6.